The molecule has 6 rings (SSSR count). The smallest absolute Gasteiger partial charge is 0.416 e. The molecule has 3 unspecified atom stereocenters. The Hall–Kier alpha value is -4.27. The van der Waals surface area contributed by atoms with E-state index in [1.165, 1.54) is 35.9 Å². The molecule has 9 nitrogen and oxygen atoms in total. The number of benzene rings is 3. The van der Waals surface area contributed by atoms with Crippen LogP contribution in [0.3, 0.4) is 0 Å². The lowest BCUT2D eigenvalue weighted by Crippen LogP contribution is -2.33. The topological polar surface area (TPSA) is 118 Å². The molecule has 45 heavy (non-hydrogen) atoms. The van der Waals surface area contributed by atoms with Crippen molar-refractivity contribution >= 4 is 63.8 Å². The van der Waals surface area contributed by atoms with Crippen LogP contribution in [0.4, 0.5) is 24.5 Å². The van der Waals surface area contributed by atoms with Gasteiger partial charge in [-0.3, -0.25) is 23.7 Å². The van der Waals surface area contributed by atoms with Crippen molar-refractivity contribution < 1.29 is 37.4 Å². The highest BCUT2D eigenvalue weighted by atomic mass is 35.5. The number of hydrogen-bond acceptors (Lipinski definition) is 8. The number of carbonyl (C=O) groups is 3. The van der Waals surface area contributed by atoms with E-state index in [9.17, 15) is 37.5 Å². The van der Waals surface area contributed by atoms with Crippen LogP contribution < -0.4 is 19.8 Å². The molecule has 3 heterocycles. The van der Waals surface area contributed by atoms with Gasteiger partial charge in [0.05, 0.1) is 29.3 Å². The number of phenols is 1. The number of phenolic OH excluding ortho intramolecular Hbond substituents is 1. The predicted octanol–water partition coefficient (Wildman–Crippen LogP) is 5.73. The summed E-state index contributed by atoms with van der Waals surface area (Å²) in [7, 11) is 1.33. The fourth-order valence-electron chi connectivity index (χ4n) is 5.46. The number of alkyl halides is 3. The predicted molar refractivity (Wildman–Crippen MR) is 162 cm³/mol. The summed E-state index contributed by atoms with van der Waals surface area (Å²) >= 11 is 7.63. The monoisotopic (exact) mass is 675 g/mol. The van der Waals surface area contributed by atoms with E-state index in [0.29, 0.717) is 21.2 Å². The maximum Gasteiger partial charge on any atom is 0.416 e. The first-order chi connectivity index (χ1) is 21.4. The summed E-state index contributed by atoms with van der Waals surface area (Å²) in [6.07, 6.45) is -4.71. The minimum absolute atomic E-state index is 0.0736. The molecule has 2 aliphatic heterocycles. The van der Waals surface area contributed by atoms with E-state index in [4.69, 9.17) is 16.3 Å². The van der Waals surface area contributed by atoms with Crippen molar-refractivity contribution in [2.45, 2.75) is 28.9 Å². The Kier molecular flexibility index (Phi) is 7.91. The number of carbonyl (C=O) groups excluding carboxylic acids is 3. The minimum Gasteiger partial charge on any atom is -0.504 e. The minimum atomic E-state index is -4.71. The Labute approximate surface area is 266 Å². The first-order valence-electron chi connectivity index (χ1n) is 13.2. The maximum atomic E-state index is 14.0. The van der Waals surface area contributed by atoms with E-state index >= 15 is 0 Å². The zero-order valence-corrected chi connectivity index (χ0v) is 25.4. The average molecular weight is 676 g/mol. The van der Waals surface area contributed by atoms with Gasteiger partial charge in [-0.05, 0) is 60.2 Å². The molecule has 1 saturated heterocycles. The van der Waals surface area contributed by atoms with Gasteiger partial charge in [-0.1, -0.05) is 46.8 Å². The lowest BCUT2D eigenvalue weighted by Gasteiger charge is -2.31. The molecule has 15 heteroatoms. The summed E-state index contributed by atoms with van der Waals surface area (Å²) in [4.78, 5) is 54.8. The molecule has 2 N–H and O–H groups in total. The zero-order chi connectivity index (χ0) is 32.2. The van der Waals surface area contributed by atoms with Gasteiger partial charge in [0.2, 0.25) is 17.7 Å². The van der Waals surface area contributed by atoms with Crippen LogP contribution in [0.25, 0.3) is 0 Å². The van der Waals surface area contributed by atoms with Crippen molar-refractivity contribution in [2.75, 3.05) is 17.3 Å². The van der Waals surface area contributed by atoms with Crippen LogP contribution in [0.1, 0.15) is 21.9 Å². The molecule has 3 aromatic carbocycles. The third kappa shape index (κ3) is 5.57. The normalized spacial score (nSPS) is 19.3. The molecule has 3 amide bonds. The molecule has 232 valence electrons. The fraction of sp³-hybridized carbons (Fsp3) is 0.200. The molecule has 0 bridgehead atoms. The number of imide groups is 1. The van der Waals surface area contributed by atoms with Crippen LogP contribution in [0.5, 0.6) is 11.5 Å². The molecular formula is C30H21ClF3N3O6S2. The number of ether oxygens (including phenoxy) is 1. The number of amides is 3. The lowest BCUT2D eigenvalue weighted by atomic mass is 9.83. The number of fused-ring (bicyclic) bond motifs is 2. The standard InChI is InChI=1S/C30H21ClF3N3O6S2/c1-43-20-11-14(5-10-19(20)38)22-23-24(27(41)37(26(23)40)18-4-2-3-15(12-18)30(32,33)34)44-28-25(22)45-29(42)36(28)13-21(39)35-17-8-6-16(31)7-9-17/h2-12,22-24,38H,13H2,1H3,(H,35,39). The molecule has 2 aliphatic rings. The number of hydrogen-bond donors (Lipinski definition) is 2. The van der Waals surface area contributed by atoms with Crippen molar-refractivity contribution in [1.29, 1.82) is 0 Å². The molecule has 0 spiro atoms. The lowest BCUT2D eigenvalue weighted by molar-refractivity contribution is -0.137. The Balaban J connectivity index is 1.43. The molecule has 1 aromatic heterocycles. The molecular weight excluding hydrogens is 655 g/mol. The van der Waals surface area contributed by atoms with Crippen molar-refractivity contribution in [3.8, 4) is 11.5 Å². The second-order valence-corrected chi connectivity index (χ2v) is 12.8. The maximum absolute atomic E-state index is 14.0. The van der Waals surface area contributed by atoms with E-state index in [1.807, 2.05) is 0 Å². The van der Waals surface area contributed by atoms with Crippen molar-refractivity contribution in [2.24, 2.45) is 5.92 Å². The summed E-state index contributed by atoms with van der Waals surface area (Å²) in [5, 5.41) is 12.5. The SMILES string of the molecule is COc1cc(C2c3sc(=O)n(CC(=O)Nc4ccc(Cl)cc4)c3SC3C(=O)N(c4cccc(C(F)(F)F)c4)C(=O)C32)ccc1O. The number of methoxy groups -OCH3 is 1. The van der Waals surface area contributed by atoms with Crippen LogP contribution >= 0.6 is 34.7 Å². The van der Waals surface area contributed by atoms with Crippen LogP contribution in [0.2, 0.25) is 5.02 Å². The highest BCUT2D eigenvalue weighted by molar-refractivity contribution is 8.00. The Morgan fingerprint density at radius 1 is 1.04 bits per heavy atom. The Morgan fingerprint density at radius 3 is 2.47 bits per heavy atom. The van der Waals surface area contributed by atoms with E-state index in [2.05, 4.69) is 5.32 Å². The molecule has 0 radical (unpaired) electrons. The van der Waals surface area contributed by atoms with Crippen LogP contribution in [-0.4, -0.2) is 39.8 Å². The second-order valence-electron chi connectivity index (χ2n) is 10.2. The summed E-state index contributed by atoms with van der Waals surface area (Å²) in [6.45, 7) is -0.414. The molecule has 3 atom stereocenters. The van der Waals surface area contributed by atoms with E-state index in [1.54, 1.807) is 24.3 Å². The molecule has 1 fully saturated rings. The molecule has 0 saturated carbocycles. The van der Waals surface area contributed by atoms with Gasteiger partial charge in [-0.2, -0.15) is 13.2 Å². The Bertz CT molecular complexity index is 1910. The van der Waals surface area contributed by atoms with Gasteiger partial charge in [-0.25, -0.2) is 4.90 Å². The number of halogens is 4. The van der Waals surface area contributed by atoms with Gasteiger partial charge in [0.15, 0.2) is 11.5 Å². The van der Waals surface area contributed by atoms with Gasteiger partial charge in [0.25, 0.3) is 0 Å². The first-order valence-corrected chi connectivity index (χ1v) is 15.3. The largest absolute Gasteiger partial charge is 0.504 e. The number of thiazole rings is 1. The highest BCUT2D eigenvalue weighted by Crippen LogP contribution is 2.54. The summed E-state index contributed by atoms with van der Waals surface area (Å²) in [5.74, 6) is -4.19. The number of aromatic hydroxyl groups is 1. The number of thioether (sulfide) groups is 1. The van der Waals surface area contributed by atoms with E-state index < -0.39 is 58.0 Å². The van der Waals surface area contributed by atoms with Gasteiger partial charge < -0.3 is 15.2 Å². The van der Waals surface area contributed by atoms with E-state index in [-0.39, 0.29) is 22.2 Å². The quantitative estimate of drug-likeness (QED) is 0.251. The number of rotatable bonds is 6. The summed E-state index contributed by atoms with van der Waals surface area (Å²) in [6, 6.07) is 14.6. The number of anilines is 2. The average Bonchev–Trinajstić information content (AvgIpc) is 3.44. The zero-order valence-electron chi connectivity index (χ0n) is 23.0. The summed E-state index contributed by atoms with van der Waals surface area (Å²) in [5.41, 5.74) is -0.397. The van der Waals surface area contributed by atoms with Crippen molar-refractivity contribution in [3.05, 3.63) is 97.4 Å². The van der Waals surface area contributed by atoms with Gasteiger partial charge >= 0.3 is 11.0 Å². The second kappa shape index (κ2) is 11.6. The number of nitrogens with zero attached hydrogens (tertiary/aromatic N) is 2. The highest BCUT2D eigenvalue weighted by Gasteiger charge is 2.57. The number of nitrogens with one attached hydrogen (secondary N) is 1. The first kappa shape index (κ1) is 30.7. The third-order valence-corrected chi connectivity index (χ3v) is 10.3. The molecule has 0 aliphatic carbocycles. The number of aromatic nitrogens is 1. The van der Waals surface area contributed by atoms with Crippen LogP contribution in [-0.2, 0) is 27.1 Å². The Morgan fingerprint density at radius 2 is 1.78 bits per heavy atom. The van der Waals surface area contributed by atoms with Gasteiger partial charge in [-0.15, -0.1) is 0 Å². The molecule has 4 aromatic rings. The van der Waals surface area contributed by atoms with Crippen molar-refractivity contribution in [3.63, 3.8) is 0 Å². The van der Waals surface area contributed by atoms with Gasteiger partial charge in [0, 0.05) is 21.5 Å². The van der Waals surface area contributed by atoms with Crippen LogP contribution in [0.15, 0.2) is 76.6 Å². The van der Waals surface area contributed by atoms with E-state index in [0.717, 1.165) is 46.2 Å². The summed E-state index contributed by atoms with van der Waals surface area (Å²) < 4.78 is 47.0. The van der Waals surface area contributed by atoms with Gasteiger partial charge in [0.1, 0.15) is 11.8 Å². The van der Waals surface area contributed by atoms with Crippen molar-refractivity contribution in [1.82, 2.24) is 4.57 Å². The fourth-order valence-corrected chi connectivity index (χ4v) is 8.35. The van der Waals surface area contributed by atoms with Crippen LogP contribution in [0, 0.1) is 5.92 Å². The third-order valence-electron chi connectivity index (χ3n) is 7.47.